The molecule has 9 heteroatoms. The minimum atomic E-state index is -3.75. The van der Waals surface area contributed by atoms with E-state index in [-0.39, 0.29) is 22.9 Å². The number of urea groups is 1. The van der Waals surface area contributed by atoms with Gasteiger partial charge in [0, 0.05) is 42.0 Å². The number of sulfonamides is 1. The molecule has 1 saturated carbocycles. The molecule has 0 saturated heterocycles. The largest absolute Gasteiger partial charge is 0.481 e. The summed E-state index contributed by atoms with van der Waals surface area (Å²) >= 11 is 0. The van der Waals surface area contributed by atoms with E-state index < -0.39 is 10.0 Å². The van der Waals surface area contributed by atoms with E-state index in [9.17, 15) is 13.2 Å². The van der Waals surface area contributed by atoms with Gasteiger partial charge in [-0.1, -0.05) is 31.0 Å². The van der Waals surface area contributed by atoms with Crippen LogP contribution in [-0.2, 0) is 22.0 Å². The van der Waals surface area contributed by atoms with Crippen LogP contribution in [-0.4, -0.2) is 33.1 Å². The molecule has 1 spiro atoms. The number of nitrogens with two attached hydrogens (primary N) is 1. The average molecular weight is 507 g/mol. The first-order valence-electron chi connectivity index (χ1n) is 12.0. The Kier molecular flexibility index (Phi) is 6.22. The zero-order chi connectivity index (χ0) is 25.5. The lowest BCUT2D eigenvalue weighted by atomic mass is 9.80. The van der Waals surface area contributed by atoms with Crippen LogP contribution in [0.2, 0.25) is 0 Å². The van der Waals surface area contributed by atoms with Crippen molar-refractivity contribution >= 4 is 21.7 Å². The summed E-state index contributed by atoms with van der Waals surface area (Å²) in [5, 5.41) is 8.17. The number of pyridine rings is 1. The number of amides is 2. The highest BCUT2D eigenvalue weighted by molar-refractivity contribution is 7.89. The quantitative estimate of drug-likeness (QED) is 0.537. The molecule has 0 unspecified atom stereocenters. The van der Waals surface area contributed by atoms with E-state index in [1.165, 1.54) is 17.7 Å². The van der Waals surface area contributed by atoms with Gasteiger partial charge in [-0.15, -0.1) is 0 Å². The lowest BCUT2D eigenvalue weighted by Gasteiger charge is -2.25. The number of benzene rings is 2. The Morgan fingerprint density at radius 3 is 2.50 bits per heavy atom. The maximum atomic E-state index is 13.3. The maximum absolute atomic E-state index is 13.3. The normalized spacial score (nSPS) is 16.2. The number of hydrogen-bond donors (Lipinski definition) is 2. The first-order valence-corrected chi connectivity index (χ1v) is 13.6. The highest BCUT2D eigenvalue weighted by atomic mass is 32.2. The number of carbonyl (C=O) groups is 1. The van der Waals surface area contributed by atoms with Crippen molar-refractivity contribution in [2.24, 2.45) is 5.14 Å². The van der Waals surface area contributed by atoms with Crippen LogP contribution in [0.5, 0.6) is 5.88 Å². The number of nitrogens with zero attached hydrogens (tertiary/aromatic N) is 2. The monoisotopic (exact) mass is 506 g/mol. The van der Waals surface area contributed by atoms with Crippen molar-refractivity contribution in [2.45, 2.75) is 49.5 Å². The van der Waals surface area contributed by atoms with Gasteiger partial charge in [0.1, 0.15) is 0 Å². The molecule has 2 amide bonds. The number of fused-ring (bicyclic) bond motifs is 2. The number of primary sulfonamides is 1. The third kappa shape index (κ3) is 4.44. The standard InChI is InChI=1S/C27H30N4O4S/c1-18-13-25(35-2)29-16-22(18)20-7-10-24-23(14-20)27(11-3-4-12-27)17-31(24)26(32)30-15-19-5-8-21(9-6-19)36(28,33)34/h5-10,13-14,16H,3-4,11-12,15,17H2,1-2H3,(H,30,32)(H2,28,33,34). The van der Waals surface area contributed by atoms with Crippen LogP contribution in [0.3, 0.4) is 0 Å². The van der Waals surface area contributed by atoms with Crippen LogP contribution in [0, 0.1) is 6.92 Å². The summed E-state index contributed by atoms with van der Waals surface area (Å²) in [5.41, 5.74) is 6.16. The minimum Gasteiger partial charge on any atom is -0.481 e. The van der Waals surface area contributed by atoms with E-state index in [2.05, 4.69) is 22.4 Å². The van der Waals surface area contributed by atoms with Gasteiger partial charge in [0.2, 0.25) is 15.9 Å². The molecular weight excluding hydrogens is 476 g/mol. The van der Waals surface area contributed by atoms with Gasteiger partial charge in [-0.25, -0.2) is 23.3 Å². The van der Waals surface area contributed by atoms with Crippen molar-refractivity contribution in [3.05, 3.63) is 71.4 Å². The molecule has 5 rings (SSSR count). The van der Waals surface area contributed by atoms with Crippen LogP contribution in [0.1, 0.15) is 42.4 Å². The van der Waals surface area contributed by atoms with Gasteiger partial charge in [-0.05, 0) is 66.3 Å². The summed E-state index contributed by atoms with van der Waals surface area (Å²) in [6, 6.07) is 14.3. The number of hydrogen-bond acceptors (Lipinski definition) is 5. The van der Waals surface area contributed by atoms with E-state index in [1.807, 2.05) is 30.2 Å². The molecular formula is C27H30N4O4S. The summed E-state index contributed by atoms with van der Waals surface area (Å²) in [5.74, 6) is 0.590. The van der Waals surface area contributed by atoms with Gasteiger partial charge in [0.25, 0.3) is 0 Å². The number of anilines is 1. The van der Waals surface area contributed by atoms with Gasteiger partial charge in [0.15, 0.2) is 0 Å². The highest BCUT2D eigenvalue weighted by Gasteiger charge is 2.46. The van der Waals surface area contributed by atoms with Gasteiger partial charge in [0.05, 0.1) is 12.0 Å². The third-order valence-electron chi connectivity index (χ3n) is 7.43. The molecule has 1 aromatic heterocycles. The van der Waals surface area contributed by atoms with Gasteiger partial charge in [-0.2, -0.15) is 0 Å². The summed E-state index contributed by atoms with van der Waals surface area (Å²) in [6.45, 7) is 2.99. The van der Waals surface area contributed by atoms with Gasteiger partial charge in [-0.3, -0.25) is 4.90 Å². The Morgan fingerprint density at radius 1 is 1.14 bits per heavy atom. The Hall–Kier alpha value is -3.43. The second-order valence-electron chi connectivity index (χ2n) is 9.69. The van der Waals surface area contributed by atoms with Crippen LogP contribution in [0.4, 0.5) is 10.5 Å². The summed E-state index contributed by atoms with van der Waals surface area (Å²) < 4.78 is 28.2. The zero-order valence-corrected chi connectivity index (χ0v) is 21.3. The van der Waals surface area contributed by atoms with Gasteiger partial charge < -0.3 is 10.1 Å². The number of aromatic nitrogens is 1. The third-order valence-corrected chi connectivity index (χ3v) is 8.36. The Labute approximate surface area is 211 Å². The molecule has 0 radical (unpaired) electrons. The SMILES string of the molecule is COc1cc(C)c(-c2ccc3c(c2)C2(CCCC2)CN3C(=O)NCc2ccc(S(N)(=O)=O)cc2)cn1. The fourth-order valence-corrected chi connectivity index (χ4v) is 6.03. The number of rotatable bonds is 5. The molecule has 2 aliphatic rings. The zero-order valence-electron chi connectivity index (χ0n) is 20.5. The van der Waals surface area contributed by atoms with Crippen molar-refractivity contribution in [1.82, 2.24) is 10.3 Å². The van der Waals surface area contributed by atoms with E-state index >= 15 is 0 Å². The smallest absolute Gasteiger partial charge is 0.322 e. The van der Waals surface area contributed by atoms with Crippen LogP contribution in [0.25, 0.3) is 11.1 Å². The first kappa shape index (κ1) is 24.3. The van der Waals surface area contributed by atoms with Gasteiger partial charge >= 0.3 is 6.03 Å². The number of ether oxygens (including phenoxy) is 1. The molecule has 1 aliphatic heterocycles. The van der Waals surface area contributed by atoms with E-state index in [0.717, 1.165) is 53.6 Å². The van der Waals surface area contributed by atoms with Crippen LogP contribution >= 0.6 is 0 Å². The van der Waals surface area contributed by atoms with Crippen molar-refractivity contribution in [3.8, 4) is 17.0 Å². The number of methoxy groups -OCH3 is 1. The predicted octanol–water partition coefficient (Wildman–Crippen LogP) is 4.25. The lowest BCUT2D eigenvalue weighted by Crippen LogP contribution is -2.41. The van der Waals surface area contributed by atoms with Crippen LogP contribution < -0.4 is 20.1 Å². The molecule has 3 N–H and O–H groups in total. The molecule has 8 nitrogen and oxygen atoms in total. The minimum absolute atomic E-state index is 0.0341. The fourth-order valence-electron chi connectivity index (χ4n) is 5.51. The lowest BCUT2D eigenvalue weighted by molar-refractivity contribution is 0.245. The van der Waals surface area contributed by atoms with E-state index in [1.54, 1.807) is 19.2 Å². The number of carbonyl (C=O) groups excluding carboxylic acids is 1. The Morgan fingerprint density at radius 2 is 1.86 bits per heavy atom. The highest BCUT2D eigenvalue weighted by Crippen LogP contribution is 2.51. The predicted molar refractivity (Wildman–Crippen MR) is 139 cm³/mol. The van der Waals surface area contributed by atoms with E-state index in [0.29, 0.717) is 12.4 Å². The van der Waals surface area contributed by atoms with E-state index in [4.69, 9.17) is 9.88 Å². The summed E-state index contributed by atoms with van der Waals surface area (Å²) in [7, 11) is -2.14. The maximum Gasteiger partial charge on any atom is 0.322 e. The fraction of sp³-hybridized carbons (Fsp3) is 0.333. The molecule has 0 bridgehead atoms. The molecule has 1 aliphatic carbocycles. The van der Waals surface area contributed by atoms with Crippen molar-refractivity contribution < 1.29 is 17.9 Å². The topological polar surface area (TPSA) is 115 Å². The Balaban J connectivity index is 1.40. The average Bonchev–Trinajstić information content (AvgIpc) is 3.47. The second kappa shape index (κ2) is 9.22. The molecule has 3 aromatic rings. The van der Waals surface area contributed by atoms with Crippen molar-refractivity contribution in [3.63, 3.8) is 0 Å². The molecule has 0 atom stereocenters. The van der Waals surface area contributed by atoms with Crippen molar-refractivity contribution in [2.75, 3.05) is 18.6 Å². The molecule has 188 valence electrons. The second-order valence-corrected chi connectivity index (χ2v) is 11.3. The Bertz CT molecular complexity index is 1410. The summed E-state index contributed by atoms with van der Waals surface area (Å²) in [4.78, 5) is 19.6. The number of aryl methyl sites for hydroxylation is 1. The molecule has 2 heterocycles. The summed E-state index contributed by atoms with van der Waals surface area (Å²) in [6.07, 6.45) is 6.26. The molecule has 2 aromatic carbocycles. The first-order chi connectivity index (χ1) is 17.2. The van der Waals surface area contributed by atoms with Crippen molar-refractivity contribution in [1.29, 1.82) is 0 Å². The number of nitrogens with one attached hydrogen (secondary N) is 1. The van der Waals surface area contributed by atoms with Crippen LogP contribution in [0.15, 0.2) is 59.6 Å². The molecule has 36 heavy (non-hydrogen) atoms. The molecule has 1 fully saturated rings.